The molecule has 0 radical (unpaired) electrons. The maximum atomic E-state index is 12.6. The fraction of sp³-hybridized carbons (Fsp3) is 0.214. The monoisotopic (exact) mass is 309 g/mol. The number of benzene rings is 1. The summed E-state index contributed by atoms with van der Waals surface area (Å²) < 4.78 is 31.3. The van der Waals surface area contributed by atoms with Crippen LogP contribution in [0.4, 0.5) is 5.69 Å². The Kier molecular flexibility index (Phi) is 3.78. The van der Waals surface area contributed by atoms with Gasteiger partial charge in [-0.1, -0.05) is 18.2 Å². The fourth-order valence-electron chi connectivity index (χ4n) is 2.02. The Bertz CT molecular complexity index is 791. The van der Waals surface area contributed by atoms with E-state index in [-0.39, 0.29) is 10.7 Å². The molecule has 0 saturated heterocycles. The van der Waals surface area contributed by atoms with Gasteiger partial charge in [0.25, 0.3) is 10.0 Å². The molecule has 6 nitrogen and oxygen atoms in total. The van der Waals surface area contributed by atoms with Crippen LogP contribution in [-0.4, -0.2) is 26.5 Å². The van der Waals surface area contributed by atoms with Gasteiger partial charge in [-0.05, 0) is 25.5 Å². The van der Waals surface area contributed by atoms with Gasteiger partial charge in [-0.3, -0.25) is 4.31 Å². The van der Waals surface area contributed by atoms with Gasteiger partial charge in [-0.15, -0.1) is 0 Å². The smallest absolute Gasteiger partial charge is 0.371 e. The Hall–Kier alpha value is -2.28. The number of carbonyl (C=O) groups is 1. The second-order valence-corrected chi connectivity index (χ2v) is 6.53. The van der Waals surface area contributed by atoms with E-state index < -0.39 is 21.8 Å². The zero-order chi connectivity index (χ0) is 15.8. The Balaban J connectivity index is 2.52. The summed E-state index contributed by atoms with van der Waals surface area (Å²) in [6.07, 6.45) is 0. The van der Waals surface area contributed by atoms with Crippen LogP contribution in [0, 0.1) is 13.8 Å². The van der Waals surface area contributed by atoms with Gasteiger partial charge in [0.1, 0.15) is 10.7 Å². The Morgan fingerprint density at radius 1 is 1.24 bits per heavy atom. The van der Waals surface area contributed by atoms with Gasteiger partial charge in [0.15, 0.2) is 0 Å². The molecule has 0 amide bonds. The van der Waals surface area contributed by atoms with Crippen molar-refractivity contribution in [1.82, 2.24) is 0 Å². The van der Waals surface area contributed by atoms with Crippen LogP contribution in [0.1, 0.15) is 21.9 Å². The average Bonchev–Trinajstić information content (AvgIpc) is 2.81. The first-order valence-electron chi connectivity index (χ1n) is 6.13. The summed E-state index contributed by atoms with van der Waals surface area (Å²) in [7, 11) is -2.46. The third-order valence-corrected chi connectivity index (χ3v) is 5.06. The molecular formula is C14H15NO5S. The number of furan rings is 1. The molecule has 0 aliphatic carbocycles. The third kappa shape index (κ3) is 2.64. The number of sulfonamides is 1. The molecule has 7 heteroatoms. The second kappa shape index (κ2) is 5.25. The van der Waals surface area contributed by atoms with E-state index in [4.69, 9.17) is 9.52 Å². The molecule has 2 rings (SSSR count). The summed E-state index contributed by atoms with van der Waals surface area (Å²) in [5, 5.41) is 8.89. The molecular weight excluding hydrogens is 294 g/mol. The summed E-state index contributed by atoms with van der Waals surface area (Å²) in [6, 6.07) is 8.05. The van der Waals surface area contributed by atoms with Crippen molar-refractivity contribution >= 4 is 21.7 Å². The van der Waals surface area contributed by atoms with Crippen LogP contribution in [0.15, 0.2) is 39.6 Å². The topological polar surface area (TPSA) is 87.8 Å². The molecule has 0 aliphatic rings. The standard InChI is InChI=1S/C14H15NO5S/c1-9-6-4-5-7-11(9)15(3)21(18,19)13-8-12(14(16)17)20-10(13)2/h4-8H,1-3H3,(H,16,17). The lowest BCUT2D eigenvalue weighted by molar-refractivity contribution is 0.0661. The van der Waals surface area contributed by atoms with E-state index in [1.54, 1.807) is 25.1 Å². The average molecular weight is 309 g/mol. The highest BCUT2D eigenvalue weighted by atomic mass is 32.2. The van der Waals surface area contributed by atoms with Crippen LogP contribution < -0.4 is 4.31 Å². The highest BCUT2D eigenvalue weighted by Crippen LogP contribution is 2.28. The molecule has 21 heavy (non-hydrogen) atoms. The van der Waals surface area contributed by atoms with Gasteiger partial charge in [0, 0.05) is 13.1 Å². The van der Waals surface area contributed by atoms with Gasteiger partial charge < -0.3 is 9.52 Å². The van der Waals surface area contributed by atoms with E-state index in [0.717, 1.165) is 15.9 Å². The summed E-state index contributed by atoms with van der Waals surface area (Å²) >= 11 is 0. The van der Waals surface area contributed by atoms with Crippen LogP contribution >= 0.6 is 0 Å². The predicted molar refractivity (Wildman–Crippen MR) is 77.2 cm³/mol. The lowest BCUT2D eigenvalue weighted by Gasteiger charge is -2.20. The van der Waals surface area contributed by atoms with Gasteiger partial charge in [0.05, 0.1) is 5.69 Å². The largest absolute Gasteiger partial charge is 0.475 e. The minimum atomic E-state index is -3.88. The number of carboxylic acid groups (broad SMARTS) is 1. The first-order chi connectivity index (χ1) is 9.75. The minimum Gasteiger partial charge on any atom is -0.475 e. The van der Waals surface area contributed by atoms with Crippen molar-refractivity contribution in [2.75, 3.05) is 11.4 Å². The van der Waals surface area contributed by atoms with Crippen LogP contribution in [0.3, 0.4) is 0 Å². The number of rotatable bonds is 4. The highest BCUT2D eigenvalue weighted by Gasteiger charge is 2.28. The summed E-state index contributed by atoms with van der Waals surface area (Å²) in [4.78, 5) is 10.7. The molecule has 1 aromatic carbocycles. The number of hydrogen-bond donors (Lipinski definition) is 1. The van der Waals surface area contributed by atoms with Crippen molar-refractivity contribution in [3.8, 4) is 0 Å². The Morgan fingerprint density at radius 3 is 2.38 bits per heavy atom. The third-order valence-electron chi connectivity index (χ3n) is 3.18. The highest BCUT2D eigenvalue weighted by molar-refractivity contribution is 7.92. The molecule has 1 heterocycles. The zero-order valence-electron chi connectivity index (χ0n) is 11.8. The number of anilines is 1. The first kappa shape index (κ1) is 15.1. The Labute approximate surface area is 122 Å². The zero-order valence-corrected chi connectivity index (χ0v) is 12.6. The van der Waals surface area contributed by atoms with E-state index in [1.165, 1.54) is 14.0 Å². The van der Waals surface area contributed by atoms with E-state index in [9.17, 15) is 13.2 Å². The summed E-state index contributed by atoms with van der Waals surface area (Å²) in [6.45, 7) is 3.22. The molecule has 0 bridgehead atoms. The lowest BCUT2D eigenvalue weighted by Crippen LogP contribution is -2.27. The van der Waals surface area contributed by atoms with Crippen molar-refractivity contribution in [3.63, 3.8) is 0 Å². The molecule has 2 aromatic rings. The van der Waals surface area contributed by atoms with E-state index in [0.29, 0.717) is 5.69 Å². The van der Waals surface area contributed by atoms with Crippen LogP contribution in [-0.2, 0) is 10.0 Å². The number of hydrogen-bond acceptors (Lipinski definition) is 4. The van der Waals surface area contributed by atoms with Crippen molar-refractivity contribution in [3.05, 3.63) is 47.4 Å². The SMILES string of the molecule is Cc1ccccc1N(C)S(=O)(=O)c1cc(C(=O)O)oc1C. The van der Waals surface area contributed by atoms with E-state index in [2.05, 4.69) is 0 Å². The minimum absolute atomic E-state index is 0.0489. The lowest BCUT2D eigenvalue weighted by atomic mass is 10.2. The molecule has 0 unspecified atom stereocenters. The maximum absolute atomic E-state index is 12.6. The van der Waals surface area contributed by atoms with Crippen molar-refractivity contribution in [2.45, 2.75) is 18.7 Å². The normalized spacial score (nSPS) is 11.4. The number of aromatic carboxylic acids is 1. The van der Waals surface area contributed by atoms with Gasteiger partial charge in [-0.2, -0.15) is 0 Å². The van der Waals surface area contributed by atoms with Gasteiger partial charge in [0.2, 0.25) is 5.76 Å². The molecule has 0 saturated carbocycles. The van der Waals surface area contributed by atoms with E-state index >= 15 is 0 Å². The molecule has 112 valence electrons. The predicted octanol–water partition coefficient (Wildman–Crippen LogP) is 2.42. The van der Waals surface area contributed by atoms with Crippen LogP contribution in [0.5, 0.6) is 0 Å². The van der Waals surface area contributed by atoms with Crippen molar-refractivity contribution < 1.29 is 22.7 Å². The van der Waals surface area contributed by atoms with Crippen molar-refractivity contribution in [1.29, 1.82) is 0 Å². The molecule has 0 aliphatic heterocycles. The van der Waals surface area contributed by atoms with Crippen LogP contribution in [0.25, 0.3) is 0 Å². The quantitative estimate of drug-likeness (QED) is 0.937. The van der Waals surface area contributed by atoms with Gasteiger partial charge >= 0.3 is 5.97 Å². The summed E-state index contributed by atoms with van der Waals surface area (Å²) in [5.41, 5.74) is 1.32. The molecule has 0 fully saturated rings. The molecule has 0 spiro atoms. The first-order valence-corrected chi connectivity index (χ1v) is 7.57. The van der Waals surface area contributed by atoms with Gasteiger partial charge in [-0.25, -0.2) is 13.2 Å². The van der Waals surface area contributed by atoms with E-state index in [1.807, 2.05) is 6.07 Å². The molecule has 1 N–H and O–H groups in total. The van der Waals surface area contributed by atoms with Crippen molar-refractivity contribution in [2.24, 2.45) is 0 Å². The second-order valence-electron chi connectivity index (χ2n) is 4.60. The number of aryl methyl sites for hydroxylation is 2. The number of nitrogens with zero attached hydrogens (tertiary/aromatic N) is 1. The number of carboxylic acids is 1. The Morgan fingerprint density at radius 2 is 1.86 bits per heavy atom. The maximum Gasteiger partial charge on any atom is 0.371 e. The summed E-state index contributed by atoms with van der Waals surface area (Å²) in [5.74, 6) is -1.66. The molecule has 1 aromatic heterocycles. The molecule has 0 atom stereocenters. The fourth-order valence-corrected chi connectivity index (χ4v) is 3.44. The van der Waals surface area contributed by atoms with Crippen LogP contribution in [0.2, 0.25) is 0 Å². The number of para-hydroxylation sites is 1.